The van der Waals surface area contributed by atoms with Gasteiger partial charge in [0.15, 0.2) is 0 Å². The summed E-state index contributed by atoms with van der Waals surface area (Å²) in [5.41, 5.74) is 0. The average molecular weight is 432 g/mol. The maximum absolute atomic E-state index is 10.9. The number of nitrogens with zero attached hydrogens (tertiary/aromatic N) is 1. The molecule has 0 atom stereocenters. The van der Waals surface area contributed by atoms with E-state index in [2.05, 4.69) is 6.92 Å². The molecule has 0 unspecified atom stereocenters. The van der Waals surface area contributed by atoms with E-state index in [9.17, 15) is 13.0 Å². The Hall–Kier alpha value is -0.130. The molecule has 1 fully saturated rings. The summed E-state index contributed by atoms with van der Waals surface area (Å²) in [6.45, 7) is 6.68. The number of likely N-dealkylation sites (tertiary alicyclic amines) is 1. The minimum Gasteiger partial charge on any atom is -0.748 e. The summed E-state index contributed by atoms with van der Waals surface area (Å²) < 4.78 is 33.8. The maximum atomic E-state index is 10.9. The highest BCUT2D eigenvalue weighted by molar-refractivity contribution is 7.85. The summed E-state index contributed by atoms with van der Waals surface area (Å²) >= 11 is 0. The van der Waals surface area contributed by atoms with Crippen molar-refractivity contribution in [1.29, 1.82) is 0 Å². The molecule has 1 heterocycles. The molecule has 0 saturated carbocycles. The Kier molecular flexibility index (Phi) is 15.4. The lowest BCUT2D eigenvalue weighted by Gasteiger charge is -2.42. The van der Waals surface area contributed by atoms with Gasteiger partial charge >= 0.3 is 0 Å². The predicted octanol–water partition coefficient (Wildman–Crippen LogP) is 6.40. The first-order chi connectivity index (χ1) is 14.0. The highest BCUT2D eigenvalue weighted by Crippen LogP contribution is 2.22. The molecule has 0 radical (unpaired) electrons. The van der Waals surface area contributed by atoms with Crippen LogP contribution in [0.1, 0.15) is 122 Å². The smallest absolute Gasteiger partial charge is 0.0948 e. The number of hydrogen-bond donors (Lipinski definition) is 0. The molecule has 4 nitrogen and oxygen atoms in total. The van der Waals surface area contributed by atoms with Crippen LogP contribution in [-0.2, 0) is 10.1 Å². The summed E-state index contributed by atoms with van der Waals surface area (Å²) in [7, 11) is -4.06. The molecule has 1 saturated heterocycles. The number of piperidine rings is 1. The van der Waals surface area contributed by atoms with Crippen molar-refractivity contribution in [2.45, 2.75) is 122 Å². The molecule has 0 spiro atoms. The van der Waals surface area contributed by atoms with Crippen molar-refractivity contribution in [2.24, 2.45) is 0 Å². The van der Waals surface area contributed by atoms with Crippen LogP contribution in [0.2, 0.25) is 0 Å². The minimum atomic E-state index is -4.06. The van der Waals surface area contributed by atoms with Gasteiger partial charge in [-0.25, -0.2) is 8.42 Å². The van der Waals surface area contributed by atoms with Crippen LogP contribution in [0.3, 0.4) is 0 Å². The van der Waals surface area contributed by atoms with E-state index in [1.54, 1.807) is 0 Å². The van der Waals surface area contributed by atoms with Crippen LogP contribution >= 0.6 is 0 Å². The molecule has 0 aromatic heterocycles. The van der Waals surface area contributed by atoms with Crippen molar-refractivity contribution < 1.29 is 17.5 Å². The van der Waals surface area contributed by atoms with Crippen molar-refractivity contribution in [3.8, 4) is 0 Å². The summed E-state index contributed by atoms with van der Waals surface area (Å²) in [6.07, 6.45) is 23.7. The molecule has 1 aliphatic heterocycles. The van der Waals surface area contributed by atoms with E-state index in [0.29, 0.717) is 6.42 Å². The molecule has 0 aromatic carbocycles. The standard InChI is InChI=1S/C24H49NO3S/c1-2-3-4-5-6-7-8-9-10-11-12-13-14-16-20-25(21-17-15-18-22-25)23-19-24-29(26,27)28/h2-24H2,1H3. The van der Waals surface area contributed by atoms with Gasteiger partial charge in [0.25, 0.3) is 0 Å². The fourth-order valence-electron chi connectivity index (χ4n) is 4.96. The normalized spacial score (nSPS) is 16.9. The van der Waals surface area contributed by atoms with Gasteiger partial charge in [-0.1, -0.05) is 84.0 Å². The Bertz CT molecular complexity index is 473. The van der Waals surface area contributed by atoms with Gasteiger partial charge in [-0.05, 0) is 32.1 Å². The second-order valence-corrected chi connectivity index (χ2v) is 11.0. The van der Waals surface area contributed by atoms with Crippen LogP contribution in [0.25, 0.3) is 0 Å². The van der Waals surface area contributed by atoms with Crippen molar-refractivity contribution >= 4 is 10.1 Å². The second kappa shape index (κ2) is 16.5. The summed E-state index contributed by atoms with van der Waals surface area (Å²) in [4.78, 5) is 0. The van der Waals surface area contributed by atoms with E-state index >= 15 is 0 Å². The fourth-order valence-corrected chi connectivity index (χ4v) is 5.44. The van der Waals surface area contributed by atoms with E-state index < -0.39 is 10.1 Å². The Morgan fingerprint density at radius 3 is 1.48 bits per heavy atom. The summed E-state index contributed by atoms with van der Waals surface area (Å²) in [5.74, 6) is -0.189. The molecule has 1 aliphatic rings. The van der Waals surface area contributed by atoms with Gasteiger partial charge in [-0.3, -0.25) is 0 Å². The summed E-state index contributed by atoms with van der Waals surface area (Å²) in [6, 6.07) is 0. The van der Waals surface area contributed by atoms with Crippen LogP contribution in [-0.4, -0.2) is 49.4 Å². The highest BCUT2D eigenvalue weighted by atomic mass is 32.2. The molecule has 174 valence electrons. The minimum absolute atomic E-state index is 0.189. The van der Waals surface area contributed by atoms with Crippen molar-refractivity contribution in [2.75, 3.05) is 31.9 Å². The Labute approximate surface area is 182 Å². The number of quaternary nitrogens is 1. The first-order valence-corrected chi connectivity index (χ1v) is 14.3. The fraction of sp³-hybridized carbons (Fsp3) is 1.00. The van der Waals surface area contributed by atoms with Crippen LogP contribution < -0.4 is 0 Å². The van der Waals surface area contributed by atoms with E-state index in [0.717, 1.165) is 11.0 Å². The SMILES string of the molecule is CCCCCCCCCCCCCCCC[N+]1(CCCS(=O)(=O)[O-])CCCCC1. The van der Waals surface area contributed by atoms with Crippen LogP contribution in [0.5, 0.6) is 0 Å². The summed E-state index contributed by atoms with van der Waals surface area (Å²) in [5, 5.41) is 0. The number of hydrogen-bond acceptors (Lipinski definition) is 3. The monoisotopic (exact) mass is 431 g/mol. The quantitative estimate of drug-likeness (QED) is 0.135. The second-order valence-electron chi connectivity index (χ2n) is 9.51. The maximum Gasteiger partial charge on any atom is 0.0948 e. The van der Waals surface area contributed by atoms with Crippen molar-refractivity contribution in [1.82, 2.24) is 0 Å². The van der Waals surface area contributed by atoms with Gasteiger partial charge in [-0.2, -0.15) is 0 Å². The molecule has 0 amide bonds. The lowest BCUT2D eigenvalue weighted by molar-refractivity contribution is -0.932. The largest absolute Gasteiger partial charge is 0.748 e. The lowest BCUT2D eigenvalue weighted by Crippen LogP contribution is -2.52. The van der Waals surface area contributed by atoms with Gasteiger partial charge in [0.05, 0.1) is 36.3 Å². The van der Waals surface area contributed by atoms with Gasteiger partial charge in [-0.15, -0.1) is 0 Å². The van der Waals surface area contributed by atoms with E-state index in [-0.39, 0.29) is 5.75 Å². The number of rotatable bonds is 19. The van der Waals surface area contributed by atoms with Gasteiger partial charge < -0.3 is 9.04 Å². The van der Waals surface area contributed by atoms with Crippen molar-refractivity contribution in [3.05, 3.63) is 0 Å². The Morgan fingerprint density at radius 2 is 1.03 bits per heavy atom. The molecule has 0 aliphatic carbocycles. The van der Waals surface area contributed by atoms with Crippen LogP contribution in [0, 0.1) is 0 Å². The van der Waals surface area contributed by atoms with Crippen LogP contribution in [0.4, 0.5) is 0 Å². The van der Waals surface area contributed by atoms with Gasteiger partial charge in [0.1, 0.15) is 0 Å². The van der Waals surface area contributed by atoms with Crippen LogP contribution in [0.15, 0.2) is 0 Å². The van der Waals surface area contributed by atoms with Gasteiger partial charge in [0, 0.05) is 12.2 Å². The zero-order chi connectivity index (χ0) is 21.3. The van der Waals surface area contributed by atoms with E-state index in [1.807, 2.05) is 0 Å². The molecular weight excluding hydrogens is 382 g/mol. The van der Waals surface area contributed by atoms with Crippen molar-refractivity contribution in [3.63, 3.8) is 0 Å². The molecule has 0 aromatic rings. The predicted molar refractivity (Wildman–Crippen MR) is 123 cm³/mol. The molecule has 1 rings (SSSR count). The highest BCUT2D eigenvalue weighted by Gasteiger charge is 2.28. The number of unbranched alkanes of at least 4 members (excludes halogenated alkanes) is 13. The van der Waals surface area contributed by atoms with E-state index in [4.69, 9.17) is 0 Å². The third-order valence-corrected chi connectivity index (χ3v) is 7.57. The topological polar surface area (TPSA) is 57.2 Å². The Morgan fingerprint density at radius 1 is 0.621 bits per heavy atom. The molecule has 5 heteroatoms. The molecular formula is C24H49NO3S. The third kappa shape index (κ3) is 15.3. The average Bonchev–Trinajstić information content (AvgIpc) is 2.68. The molecule has 29 heavy (non-hydrogen) atoms. The zero-order valence-electron chi connectivity index (χ0n) is 19.3. The molecule has 0 bridgehead atoms. The van der Waals surface area contributed by atoms with E-state index in [1.165, 1.54) is 129 Å². The lowest BCUT2D eigenvalue weighted by atomic mass is 10.0. The first kappa shape index (κ1) is 26.9. The molecule has 0 N–H and O–H groups in total. The first-order valence-electron chi connectivity index (χ1n) is 12.8. The third-order valence-electron chi connectivity index (χ3n) is 6.78. The van der Waals surface area contributed by atoms with Gasteiger partial charge in [0.2, 0.25) is 0 Å². The zero-order valence-corrected chi connectivity index (χ0v) is 20.2. The Balaban J connectivity index is 2.00.